The largest absolute Gasteiger partial charge is 0.369 e. The molecule has 0 radical (unpaired) electrons. The first kappa shape index (κ1) is 13.8. The molecule has 0 heterocycles. The fraction of sp³-hybridized carbons (Fsp3) is 0.500. The minimum atomic E-state index is -0.133. The first-order valence-corrected chi connectivity index (χ1v) is 7.50. The molecule has 1 aromatic rings. The molecule has 1 fully saturated rings. The number of hydrogen-bond donors (Lipinski definition) is 2. The van der Waals surface area contributed by atoms with Gasteiger partial charge in [0.25, 0.3) is 0 Å². The van der Waals surface area contributed by atoms with E-state index in [4.69, 9.17) is 5.73 Å². The number of amides is 1. The maximum absolute atomic E-state index is 11.1. The molecule has 2 rings (SSSR count). The number of halogens is 1. The first-order valence-electron chi connectivity index (χ1n) is 6.42. The van der Waals surface area contributed by atoms with Gasteiger partial charge in [-0.05, 0) is 66.0 Å². The van der Waals surface area contributed by atoms with Gasteiger partial charge in [0.05, 0.1) is 0 Å². The fourth-order valence-corrected chi connectivity index (χ4v) is 2.81. The lowest BCUT2D eigenvalue weighted by molar-refractivity contribution is -0.122. The molecule has 98 valence electrons. The summed E-state index contributed by atoms with van der Waals surface area (Å²) in [7, 11) is 0. The number of hydrogen-bond acceptors (Lipinski definition) is 2. The topological polar surface area (TPSA) is 55.1 Å². The van der Waals surface area contributed by atoms with Crippen LogP contribution < -0.4 is 11.1 Å². The van der Waals surface area contributed by atoms with Crippen LogP contribution in [0.3, 0.4) is 0 Å². The van der Waals surface area contributed by atoms with Gasteiger partial charge in [0.1, 0.15) is 0 Å². The molecule has 0 saturated heterocycles. The summed E-state index contributed by atoms with van der Waals surface area (Å²) in [6.07, 6.45) is 3.97. The quantitative estimate of drug-likeness (QED) is 0.813. The zero-order valence-electron chi connectivity index (χ0n) is 10.4. The second kappa shape index (κ2) is 6.52. The van der Waals surface area contributed by atoms with Gasteiger partial charge in [-0.2, -0.15) is 0 Å². The summed E-state index contributed by atoms with van der Waals surface area (Å²) in [5, 5.41) is 3.56. The summed E-state index contributed by atoms with van der Waals surface area (Å²) in [4.78, 5) is 11.1. The average Bonchev–Trinajstić information content (AvgIpc) is 2.38. The van der Waals surface area contributed by atoms with E-state index in [0.717, 1.165) is 32.2 Å². The molecule has 0 aromatic heterocycles. The van der Waals surface area contributed by atoms with Gasteiger partial charge >= 0.3 is 0 Å². The van der Waals surface area contributed by atoms with Gasteiger partial charge in [0.2, 0.25) is 5.91 Å². The third-order valence-electron chi connectivity index (χ3n) is 3.64. The lowest BCUT2D eigenvalue weighted by atomic mass is 9.85. The second-order valence-electron chi connectivity index (χ2n) is 4.96. The van der Waals surface area contributed by atoms with Crippen molar-refractivity contribution in [3.05, 3.63) is 33.4 Å². The second-order valence-corrected chi connectivity index (χ2v) is 6.20. The Hall–Kier alpha value is -0.620. The van der Waals surface area contributed by atoms with E-state index in [1.54, 1.807) is 0 Å². The van der Waals surface area contributed by atoms with Crippen LogP contribution >= 0.6 is 22.6 Å². The van der Waals surface area contributed by atoms with Gasteiger partial charge in [-0.3, -0.25) is 4.79 Å². The predicted octanol–water partition coefficient (Wildman–Crippen LogP) is 2.42. The number of nitrogens with two attached hydrogens (primary N) is 1. The van der Waals surface area contributed by atoms with Crippen LogP contribution in [0.1, 0.15) is 31.2 Å². The van der Waals surface area contributed by atoms with Crippen molar-refractivity contribution in [3.8, 4) is 0 Å². The van der Waals surface area contributed by atoms with Crippen molar-refractivity contribution >= 4 is 28.5 Å². The Labute approximate surface area is 122 Å². The van der Waals surface area contributed by atoms with Crippen LogP contribution in [0.5, 0.6) is 0 Å². The SMILES string of the molecule is NC(=O)C1CCC(NCc2ccc(I)cc2)CC1. The fourth-order valence-electron chi connectivity index (χ4n) is 2.45. The number of carbonyl (C=O) groups is 1. The molecule has 0 atom stereocenters. The van der Waals surface area contributed by atoms with Gasteiger partial charge in [0.15, 0.2) is 0 Å². The number of primary amides is 1. The van der Waals surface area contributed by atoms with Gasteiger partial charge in [-0.25, -0.2) is 0 Å². The Morgan fingerprint density at radius 1 is 1.22 bits per heavy atom. The van der Waals surface area contributed by atoms with Crippen LogP contribution in [0.2, 0.25) is 0 Å². The van der Waals surface area contributed by atoms with Gasteiger partial charge < -0.3 is 11.1 Å². The summed E-state index contributed by atoms with van der Waals surface area (Å²) < 4.78 is 1.26. The maximum atomic E-state index is 11.1. The molecule has 3 N–H and O–H groups in total. The highest BCUT2D eigenvalue weighted by molar-refractivity contribution is 14.1. The molecule has 0 aliphatic heterocycles. The summed E-state index contributed by atoms with van der Waals surface area (Å²) in [6.45, 7) is 0.906. The van der Waals surface area contributed by atoms with Crippen LogP contribution in [-0.2, 0) is 11.3 Å². The molecule has 1 aliphatic carbocycles. The highest BCUT2D eigenvalue weighted by atomic mass is 127. The Kier molecular flexibility index (Phi) is 5.00. The number of nitrogens with one attached hydrogen (secondary N) is 1. The zero-order valence-corrected chi connectivity index (χ0v) is 12.5. The van der Waals surface area contributed by atoms with Crippen LogP contribution in [0.25, 0.3) is 0 Å². The monoisotopic (exact) mass is 358 g/mol. The lowest BCUT2D eigenvalue weighted by Crippen LogP contribution is -2.36. The highest BCUT2D eigenvalue weighted by Crippen LogP contribution is 2.24. The van der Waals surface area contributed by atoms with Crippen LogP contribution in [0, 0.1) is 9.49 Å². The number of benzene rings is 1. The van der Waals surface area contributed by atoms with E-state index >= 15 is 0 Å². The van der Waals surface area contributed by atoms with E-state index in [0.29, 0.717) is 6.04 Å². The van der Waals surface area contributed by atoms with Gasteiger partial charge in [-0.15, -0.1) is 0 Å². The molecule has 0 unspecified atom stereocenters. The standard InChI is InChI=1S/C14H19IN2O/c15-12-5-1-10(2-6-12)9-17-13-7-3-11(4-8-13)14(16)18/h1-2,5-6,11,13,17H,3-4,7-9H2,(H2,16,18). The molecule has 4 heteroatoms. The summed E-state index contributed by atoms with van der Waals surface area (Å²) in [6, 6.07) is 9.09. The molecular formula is C14H19IN2O. The van der Waals surface area contributed by atoms with Gasteiger partial charge in [0, 0.05) is 22.1 Å². The third-order valence-corrected chi connectivity index (χ3v) is 4.36. The lowest BCUT2D eigenvalue weighted by Gasteiger charge is -2.27. The minimum absolute atomic E-state index is 0.0985. The van der Waals surface area contributed by atoms with Crippen molar-refractivity contribution in [1.29, 1.82) is 0 Å². The molecule has 1 aromatic carbocycles. The minimum Gasteiger partial charge on any atom is -0.369 e. The van der Waals surface area contributed by atoms with E-state index < -0.39 is 0 Å². The Balaban J connectivity index is 1.75. The van der Waals surface area contributed by atoms with Gasteiger partial charge in [-0.1, -0.05) is 12.1 Å². The van der Waals surface area contributed by atoms with E-state index in [1.807, 2.05) is 0 Å². The maximum Gasteiger partial charge on any atom is 0.220 e. The first-order chi connectivity index (χ1) is 8.65. The summed E-state index contributed by atoms with van der Waals surface area (Å²) in [5.41, 5.74) is 6.64. The normalized spacial score (nSPS) is 23.8. The van der Waals surface area contributed by atoms with Crippen LogP contribution in [0.15, 0.2) is 24.3 Å². The third kappa shape index (κ3) is 3.95. The summed E-state index contributed by atoms with van der Waals surface area (Å²) >= 11 is 2.31. The number of carbonyl (C=O) groups excluding carboxylic acids is 1. The smallest absolute Gasteiger partial charge is 0.220 e. The highest BCUT2D eigenvalue weighted by Gasteiger charge is 2.24. The van der Waals surface area contributed by atoms with E-state index in [-0.39, 0.29) is 11.8 Å². The summed E-state index contributed by atoms with van der Waals surface area (Å²) in [5.74, 6) is -0.0348. The molecule has 18 heavy (non-hydrogen) atoms. The molecule has 0 bridgehead atoms. The molecular weight excluding hydrogens is 339 g/mol. The van der Waals surface area contributed by atoms with E-state index in [9.17, 15) is 4.79 Å². The van der Waals surface area contributed by atoms with E-state index in [1.165, 1.54) is 9.13 Å². The van der Waals surface area contributed by atoms with Crippen molar-refractivity contribution in [1.82, 2.24) is 5.32 Å². The van der Waals surface area contributed by atoms with Crippen molar-refractivity contribution < 1.29 is 4.79 Å². The molecule has 1 saturated carbocycles. The molecule has 1 aliphatic rings. The number of rotatable bonds is 4. The van der Waals surface area contributed by atoms with Crippen molar-refractivity contribution in [2.75, 3.05) is 0 Å². The van der Waals surface area contributed by atoms with Crippen molar-refractivity contribution in [2.24, 2.45) is 11.7 Å². The van der Waals surface area contributed by atoms with Crippen LogP contribution in [0.4, 0.5) is 0 Å². The molecule has 3 nitrogen and oxygen atoms in total. The van der Waals surface area contributed by atoms with Crippen molar-refractivity contribution in [2.45, 2.75) is 38.3 Å². The predicted molar refractivity (Wildman–Crippen MR) is 80.9 cm³/mol. The Morgan fingerprint density at radius 3 is 2.39 bits per heavy atom. The van der Waals surface area contributed by atoms with Crippen molar-refractivity contribution in [3.63, 3.8) is 0 Å². The molecule has 1 amide bonds. The Bertz CT molecular complexity index is 397. The van der Waals surface area contributed by atoms with Crippen LogP contribution in [-0.4, -0.2) is 11.9 Å². The van der Waals surface area contributed by atoms with E-state index in [2.05, 4.69) is 52.2 Å². The molecule has 0 spiro atoms. The Morgan fingerprint density at radius 2 is 1.83 bits per heavy atom. The zero-order chi connectivity index (χ0) is 13.0. The average molecular weight is 358 g/mol.